The molecule has 0 bridgehead atoms. The normalized spacial score (nSPS) is 11.5. The molecule has 3 aromatic rings. The van der Waals surface area contributed by atoms with Crippen molar-refractivity contribution in [2.45, 2.75) is 45.7 Å². The van der Waals surface area contributed by atoms with Crippen LogP contribution in [0.1, 0.15) is 30.8 Å². The summed E-state index contributed by atoms with van der Waals surface area (Å²) in [4.78, 5) is 11.3. The zero-order valence-corrected chi connectivity index (χ0v) is 18.4. The third-order valence-electron chi connectivity index (χ3n) is 4.97. The van der Waals surface area contributed by atoms with Crippen molar-refractivity contribution in [1.29, 1.82) is 0 Å². The summed E-state index contributed by atoms with van der Waals surface area (Å²) < 4.78 is 30.0. The van der Waals surface area contributed by atoms with Crippen molar-refractivity contribution in [1.82, 2.24) is 14.5 Å². The van der Waals surface area contributed by atoms with Crippen LogP contribution >= 0.6 is 0 Å². The maximum Gasteiger partial charge on any atom is 0.240 e. The predicted molar refractivity (Wildman–Crippen MR) is 118 cm³/mol. The maximum atomic E-state index is 12.7. The first kappa shape index (κ1) is 21.7. The number of nitrogens with one attached hydrogen (secondary N) is 2. The second kappa shape index (κ2) is 8.81. The van der Waals surface area contributed by atoms with Gasteiger partial charge in [-0.2, -0.15) is 5.10 Å². The molecule has 0 fully saturated rings. The summed E-state index contributed by atoms with van der Waals surface area (Å²) >= 11 is 0. The zero-order valence-electron chi connectivity index (χ0n) is 17.6. The number of carbonyl (C=O) groups is 1. The lowest BCUT2D eigenvalue weighted by Gasteiger charge is -2.09. The summed E-state index contributed by atoms with van der Waals surface area (Å²) in [5.41, 5.74) is 5.23. The monoisotopic (exact) mass is 426 g/mol. The smallest absolute Gasteiger partial charge is 0.240 e. The molecule has 1 amide bonds. The lowest BCUT2D eigenvalue weighted by Crippen LogP contribution is -2.23. The highest BCUT2D eigenvalue weighted by molar-refractivity contribution is 7.89. The van der Waals surface area contributed by atoms with Crippen molar-refractivity contribution in [3.05, 3.63) is 65.5 Å². The Balaban J connectivity index is 1.73. The number of hydrogen-bond donors (Lipinski definition) is 2. The average molecular weight is 427 g/mol. The first-order chi connectivity index (χ1) is 14.2. The Bertz CT molecular complexity index is 1150. The number of nitrogens with zero attached hydrogens (tertiary/aromatic N) is 2. The Kier molecular flexibility index (Phi) is 6.38. The molecule has 2 N–H and O–H groups in total. The van der Waals surface area contributed by atoms with E-state index in [1.807, 2.05) is 49.7 Å². The molecule has 0 radical (unpaired) electrons. The topological polar surface area (TPSA) is 93.1 Å². The van der Waals surface area contributed by atoms with Gasteiger partial charge in [-0.05, 0) is 56.2 Å². The van der Waals surface area contributed by atoms with E-state index in [0.717, 1.165) is 34.6 Å². The summed E-state index contributed by atoms with van der Waals surface area (Å²) in [5, 5.41) is 7.15. The molecule has 3 rings (SSSR count). The fraction of sp³-hybridized carbons (Fsp3) is 0.273. The molecule has 0 saturated heterocycles. The molecule has 0 aliphatic rings. The number of benzene rings is 2. The number of hydrogen-bond acceptors (Lipinski definition) is 4. The first-order valence-electron chi connectivity index (χ1n) is 9.72. The molecule has 0 atom stereocenters. The van der Waals surface area contributed by atoms with Gasteiger partial charge >= 0.3 is 0 Å². The molecular weight excluding hydrogens is 400 g/mol. The number of carbonyl (C=O) groups excluding carboxylic acids is 1. The third-order valence-corrected chi connectivity index (χ3v) is 6.39. The Morgan fingerprint density at radius 2 is 1.57 bits per heavy atom. The second-order valence-electron chi connectivity index (χ2n) is 7.07. The van der Waals surface area contributed by atoms with Crippen molar-refractivity contribution < 1.29 is 13.2 Å². The van der Waals surface area contributed by atoms with Crippen LogP contribution in [0.3, 0.4) is 0 Å². The number of aromatic nitrogens is 2. The van der Waals surface area contributed by atoms with Crippen LogP contribution in [0.15, 0.2) is 53.4 Å². The van der Waals surface area contributed by atoms with Crippen LogP contribution in [0, 0.1) is 13.8 Å². The number of sulfonamides is 1. The van der Waals surface area contributed by atoms with Gasteiger partial charge in [-0.1, -0.05) is 24.3 Å². The van der Waals surface area contributed by atoms with Crippen LogP contribution in [0.4, 0.5) is 5.69 Å². The highest BCUT2D eigenvalue weighted by Crippen LogP contribution is 2.23. The lowest BCUT2D eigenvalue weighted by atomic mass is 10.1. The van der Waals surface area contributed by atoms with E-state index in [2.05, 4.69) is 15.1 Å². The summed E-state index contributed by atoms with van der Waals surface area (Å²) in [5.74, 6) is -0.128. The summed E-state index contributed by atoms with van der Waals surface area (Å²) in [6.07, 6.45) is 0. The van der Waals surface area contributed by atoms with E-state index in [4.69, 9.17) is 0 Å². The van der Waals surface area contributed by atoms with Crippen LogP contribution < -0.4 is 10.0 Å². The quantitative estimate of drug-likeness (QED) is 0.603. The van der Waals surface area contributed by atoms with Gasteiger partial charge < -0.3 is 5.32 Å². The van der Waals surface area contributed by atoms with Gasteiger partial charge in [0.25, 0.3) is 0 Å². The van der Waals surface area contributed by atoms with Crippen molar-refractivity contribution in [2.24, 2.45) is 0 Å². The van der Waals surface area contributed by atoms with Gasteiger partial charge in [-0.25, -0.2) is 13.1 Å². The number of anilines is 1. The van der Waals surface area contributed by atoms with Crippen molar-refractivity contribution >= 4 is 21.6 Å². The minimum absolute atomic E-state index is 0.128. The van der Waals surface area contributed by atoms with Crippen molar-refractivity contribution in [3.8, 4) is 11.1 Å². The van der Waals surface area contributed by atoms with Gasteiger partial charge in [0.1, 0.15) is 0 Å². The van der Waals surface area contributed by atoms with E-state index < -0.39 is 10.0 Å². The fourth-order valence-electron chi connectivity index (χ4n) is 3.32. The van der Waals surface area contributed by atoms with E-state index in [9.17, 15) is 13.2 Å². The number of amides is 1. The van der Waals surface area contributed by atoms with Crippen molar-refractivity contribution in [3.63, 3.8) is 0 Å². The van der Waals surface area contributed by atoms with E-state index in [1.165, 1.54) is 6.92 Å². The third kappa shape index (κ3) is 4.77. The Labute approximate surface area is 177 Å². The fourth-order valence-corrected chi connectivity index (χ4v) is 4.32. The van der Waals surface area contributed by atoms with Crippen LogP contribution in [0.2, 0.25) is 0 Å². The standard InChI is InChI=1S/C22H26N4O3S/c1-5-26-16(3)22(15(2)25-26)14-23-30(28,29)21-12-8-19(9-13-21)18-6-10-20(11-7-18)24-17(4)27/h6-13,23H,5,14H2,1-4H3,(H,24,27). The maximum absolute atomic E-state index is 12.7. The summed E-state index contributed by atoms with van der Waals surface area (Å²) in [7, 11) is -3.64. The minimum atomic E-state index is -3.64. The molecule has 0 spiro atoms. The number of rotatable bonds is 7. The highest BCUT2D eigenvalue weighted by Gasteiger charge is 2.17. The van der Waals surface area contributed by atoms with Gasteiger partial charge in [0, 0.05) is 37.0 Å². The molecular formula is C22H26N4O3S. The zero-order chi connectivity index (χ0) is 21.9. The van der Waals surface area contributed by atoms with E-state index in [0.29, 0.717) is 5.69 Å². The molecule has 0 saturated carbocycles. The number of aryl methyl sites for hydroxylation is 2. The Morgan fingerprint density at radius 3 is 2.07 bits per heavy atom. The molecule has 158 valence electrons. The Morgan fingerprint density at radius 1 is 1.00 bits per heavy atom. The average Bonchev–Trinajstić information content (AvgIpc) is 2.99. The van der Waals surface area contributed by atoms with Gasteiger partial charge in [-0.15, -0.1) is 0 Å². The molecule has 1 heterocycles. The lowest BCUT2D eigenvalue weighted by molar-refractivity contribution is -0.114. The van der Waals surface area contributed by atoms with E-state index in [-0.39, 0.29) is 17.3 Å². The van der Waals surface area contributed by atoms with Gasteiger partial charge in [0.15, 0.2) is 0 Å². The molecule has 0 aliphatic heterocycles. The first-order valence-corrected chi connectivity index (χ1v) is 11.2. The predicted octanol–water partition coefficient (Wildman–Crippen LogP) is 3.62. The van der Waals surface area contributed by atoms with E-state index >= 15 is 0 Å². The molecule has 30 heavy (non-hydrogen) atoms. The van der Waals surface area contributed by atoms with Crippen LogP contribution in [0.25, 0.3) is 11.1 Å². The van der Waals surface area contributed by atoms with Gasteiger partial charge in [0.2, 0.25) is 15.9 Å². The summed E-state index contributed by atoms with van der Waals surface area (Å²) in [6.45, 7) is 8.23. The summed E-state index contributed by atoms with van der Waals surface area (Å²) in [6, 6.07) is 14.1. The SMILES string of the molecule is CCn1nc(C)c(CNS(=O)(=O)c2ccc(-c3ccc(NC(C)=O)cc3)cc2)c1C. The molecule has 0 unspecified atom stereocenters. The van der Waals surface area contributed by atoms with E-state index in [1.54, 1.807) is 24.3 Å². The van der Waals surface area contributed by atoms with Gasteiger partial charge in [0.05, 0.1) is 10.6 Å². The van der Waals surface area contributed by atoms with Crippen molar-refractivity contribution in [2.75, 3.05) is 5.32 Å². The molecule has 2 aromatic carbocycles. The molecule has 7 nitrogen and oxygen atoms in total. The minimum Gasteiger partial charge on any atom is -0.326 e. The van der Waals surface area contributed by atoms with Gasteiger partial charge in [-0.3, -0.25) is 9.48 Å². The molecule has 1 aromatic heterocycles. The second-order valence-corrected chi connectivity index (χ2v) is 8.84. The molecule has 0 aliphatic carbocycles. The van der Waals surface area contributed by atoms with Crippen LogP contribution in [0.5, 0.6) is 0 Å². The van der Waals surface area contributed by atoms with Crippen LogP contribution in [-0.4, -0.2) is 24.1 Å². The highest BCUT2D eigenvalue weighted by atomic mass is 32.2. The largest absolute Gasteiger partial charge is 0.326 e. The van der Waals surface area contributed by atoms with Crippen LogP contribution in [-0.2, 0) is 27.9 Å². The molecule has 8 heteroatoms. The Hall–Kier alpha value is -2.97.